The lowest BCUT2D eigenvalue weighted by Gasteiger charge is -1.80. The molecule has 0 heterocycles. The Morgan fingerprint density at radius 1 is 1.50 bits per heavy atom. The lowest BCUT2D eigenvalue weighted by atomic mass is 10.2. The van der Waals surface area contributed by atoms with Gasteiger partial charge in [-0.25, -0.2) is 0 Å². The van der Waals surface area contributed by atoms with Crippen LogP contribution in [0, 0.1) is 11.8 Å². The number of hydrogen-bond donors (Lipinski definition) is 0. The first-order valence-corrected chi connectivity index (χ1v) is 3.52. The summed E-state index contributed by atoms with van der Waals surface area (Å²) in [7, 11) is 0. The summed E-state index contributed by atoms with van der Waals surface area (Å²) in [6.07, 6.45) is 4.67. The fourth-order valence-corrected chi connectivity index (χ4v) is 0.499. The molecule has 0 aromatic rings. The van der Waals surface area contributed by atoms with E-state index in [1.54, 1.807) is 6.08 Å². The molecule has 0 aliphatic carbocycles. The van der Waals surface area contributed by atoms with Crippen molar-refractivity contribution in [3.63, 3.8) is 0 Å². The first-order chi connectivity index (χ1) is 4.91. The predicted molar refractivity (Wildman–Crippen MR) is 42.7 cm³/mol. The number of halogens is 1. The van der Waals surface area contributed by atoms with E-state index in [4.69, 9.17) is 11.6 Å². The molecule has 0 aliphatic rings. The van der Waals surface area contributed by atoms with Crippen molar-refractivity contribution in [1.29, 1.82) is 0 Å². The highest BCUT2D eigenvalue weighted by Gasteiger charge is 1.78. The summed E-state index contributed by atoms with van der Waals surface area (Å²) in [5, 5.41) is 0. The normalized spacial score (nSPS) is 8.90. The minimum Gasteiger partial charge on any atom is -0.303 e. The predicted octanol–water partition coefficient (Wildman–Crippen LogP) is 2.11. The Kier molecular flexibility index (Phi) is 7.65. The summed E-state index contributed by atoms with van der Waals surface area (Å²) in [6.45, 7) is 0. The molecular formula is C8H9ClO. The number of allylic oxidation sites excluding steroid dienone is 1. The molecule has 0 saturated carbocycles. The molecule has 54 valence electrons. The maximum Gasteiger partial charge on any atom is 0.120 e. The van der Waals surface area contributed by atoms with E-state index in [0.717, 1.165) is 19.1 Å². The Bertz CT molecular complexity index is 162. The minimum absolute atomic E-state index is 0.596. The molecule has 0 N–H and O–H groups in total. The van der Waals surface area contributed by atoms with E-state index >= 15 is 0 Å². The molecule has 10 heavy (non-hydrogen) atoms. The van der Waals surface area contributed by atoms with Gasteiger partial charge in [0, 0.05) is 18.4 Å². The van der Waals surface area contributed by atoms with Crippen LogP contribution in [0.1, 0.15) is 19.3 Å². The highest BCUT2D eigenvalue weighted by atomic mass is 35.5. The topological polar surface area (TPSA) is 17.1 Å². The monoisotopic (exact) mass is 156 g/mol. The number of aldehydes is 1. The van der Waals surface area contributed by atoms with Crippen LogP contribution in [-0.2, 0) is 4.79 Å². The van der Waals surface area contributed by atoms with Gasteiger partial charge in [0.05, 0.1) is 0 Å². The number of carbonyl (C=O) groups excluding carboxylic acids is 1. The minimum atomic E-state index is 0.596. The molecule has 0 bridgehead atoms. The van der Waals surface area contributed by atoms with Gasteiger partial charge < -0.3 is 4.79 Å². The molecule has 0 radical (unpaired) electrons. The second-order valence-corrected chi connectivity index (χ2v) is 1.92. The largest absolute Gasteiger partial charge is 0.303 e. The maximum absolute atomic E-state index is 9.81. The Morgan fingerprint density at radius 3 is 2.90 bits per heavy atom. The SMILES string of the molecule is O=CCCCC#C/C=C/Cl. The van der Waals surface area contributed by atoms with Crippen LogP contribution in [-0.4, -0.2) is 6.29 Å². The van der Waals surface area contributed by atoms with Gasteiger partial charge in [-0.2, -0.15) is 0 Å². The highest BCUT2D eigenvalue weighted by molar-refractivity contribution is 6.25. The first kappa shape index (κ1) is 9.26. The second kappa shape index (κ2) is 8.26. The Hall–Kier alpha value is -0.740. The average Bonchev–Trinajstić information content (AvgIpc) is 1.97. The summed E-state index contributed by atoms with van der Waals surface area (Å²) in [4.78, 5) is 9.81. The van der Waals surface area contributed by atoms with Crippen LogP contribution in [0.5, 0.6) is 0 Å². The lowest BCUT2D eigenvalue weighted by molar-refractivity contribution is -0.107. The van der Waals surface area contributed by atoms with E-state index in [9.17, 15) is 4.79 Å². The second-order valence-electron chi connectivity index (χ2n) is 1.67. The summed E-state index contributed by atoms with van der Waals surface area (Å²) in [6, 6.07) is 0. The van der Waals surface area contributed by atoms with Crippen LogP contribution in [0.4, 0.5) is 0 Å². The number of rotatable bonds is 3. The standard InChI is InChI=1S/C8H9ClO/c9-7-5-3-1-2-4-6-8-10/h5,7-8H,2,4,6H2/b7-5+. The Balaban J connectivity index is 3.19. The van der Waals surface area contributed by atoms with Crippen molar-refractivity contribution >= 4 is 17.9 Å². The van der Waals surface area contributed by atoms with Crippen LogP contribution >= 0.6 is 11.6 Å². The number of unbranched alkanes of at least 4 members (excludes halogenated alkanes) is 2. The Labute approximate surface area is 66.1 Å². The lowest BCUT2D eigenvalue weighted by Crippen LogP contribution is -1.73. The number of hydrogen-bond acceptors (Lipinski definition) is 1. The van der Waals surface area contributed by atoms with Crippen LogP contribution in [0.15, 0.2) is 11.6 Å². The van der Waals surface area contributed by atoms with E-state index < -0.39 is 0 Å². The van der Waals surface area contributed by atoms with E-state index in [-0.39, 0.29) is 0 Å². The third-order valence-electron chi connectivity index (χ3n) is 0.872. The third-order valence-corrected chi connectivity index (χ3v) is 0.998. The molecule has 0 aliphatic heterocycles. The van der Waals surface area contributed by atoms with Crippen molar-refractivity contribution in [3.05, 3.63) is 11.6 Å². The zero-order chi connectivity index (χ0) is 7.66. The molecule has 0 atom stereocenters. The van der Waals surface area contributed by atoms with E-state index in [1.165, 1.54) is 5.54 Å². The summed E-state index contributed by atoms with van der Waals surface area (Å²) < 4.78 is 0. The van der Waals surface area contributed by atoms with Crippen LogP contribution in [0.3, 0.4) is 0 Å². The van der Waals surface area contributed by atoms with Gasteiger partial charge in [-0.05, 0) is 12.5 Å². The van der Waals surface area contributed by atoms with Gasteiger partial charge in [0.15, 0.2) is 0 Å². The fourth-order valence-electron chi connectivity index (χ4n) is 0.436. The smallest absolute Gasteiger partial charge is 0.120 e. The van der Waals surface area contributed by atoms with Gasteiger partial charge >= 0.3 is 0 Å². The Morgan fingerprint density at radius 2 is 2.30 bits per heavy atom. The molecule has 0 spiro atoms. The molecule has 0 aromatic carbocycles. The van der Waals surface area contributed by atoms with Gasteiger partial charge in [0.2, 0.25) is 0 Å². The number of carbonyl (C=O) groups is 1. The van der Waals surface area contributed by atoms with Crippen LogP contribution < -0.4 is 0 Å². The van der Waals surface area contributed by atoms with E-state index in [2.05, 4.69) is 11.8 Å². The van der Waals surface area contributed by atoms with Crippen molar-refractivity contribution in [3.8, 4) is 11.8 Å². The fraction of sp³-hybridized carbons (Fsp3) is 0.375. The van der Waals surface area contributed by atoms with Crippen molar-refractivity contribution in [2.75, 3.05) is 0 Å². The third kappa shape index (κ3) is 7.26. The van der Waals surface area contributed by atoms with Gasteiger partial charge in [-0.3, -0.25) is 0 Å². The molecule has 0 fully saturated rings. The van der Waals surface area contributed by atoms with Gasteiger partial charge in [0.25, 0.3) is 0 Å². The molecule has 1 nitrogen and oxygen atoms in total. The first-order valence-electron chi connectivity index (χ1n) is 3.09. The summed E-state index contributed by atoms with van der Waals surface area (Å²) in [5.74, 6) is 5.56. The molecule has 0 unspecified atom stereocenters. The average molecular weight is 157 g/mol. The summed E-state index contributed by atoms with van der Waals surface area (Å²) >= 11 is 5.20. The summed E-state index contributed by atoms with van der Waals surface area (Å²) in [5.41, 5.74) is 1.37. The zero-order valence-corrected chi connectivity index (χ0v) is 6.40. The molecule has 0 saturated heterocycles. The molecule has 0 aromatic heterocycles. The van der Waals surface area contributed by atoms with Crippen molar-refractivity contribution in [1.82, 2.24) is 0 Å². The van der Waals surface area contributed by atoms with Crippen LogP contribution in [0.2, 0.25) is 0 Å². The quantitative estimate of drug-likeness (QED) is 0.348. The molecule has 2 heteroatoms. The molecular weight excluding hydrogens is 148 g/mol. The van der Waals surface area contributed by atoms with Crippen molar-refractivity contribution < 1.29 is 4.79 Å². The molecule has 0 rings (SSSR count). The van der Waals surface area contributed by atoms with Crippen LogP contribution in [0.25, 0.3) is 0 Å². The maximum atomic E-state index is 9.81. The zero-order valence-electron chi connectivity index (χ0n) is 5.64. The van der Waals surface area contributed by atoms with E-state index in [0.29, 0.717) is 6.42 Å². The van der Waals surface area contributed by atoms with Crippen molar-refractivity contribution in [2.45, 2.75) is 19.3 Å². The van der Waals surface area contributed by atoms with Crippen molar-refractivity contribution in [2.24, 2.45) is 0 Å². The molecule has 0 amide bonds. The van der Waals surface area contributed by atoms with E-state index in [1.807, 2.05) is 0 Å². The van der Waals surface area contributed by atoms with Gasteiger partial charge in [0.1, 0.15) is 6.29 Å². The highest BCUT2D eigenvalue weighted by Crippen LogP contribution is 1.89. The van der Waals surface area contributed by atoms with Gasteiger partial charge in [-0.15, -0.1) is 0 Å². The van der Waals surface area contributed by atoms with Gasteiger partial charge in [-0.1, -0.05) is 23.4 Å².